The van der Waals surface area contributed by atoms with Crippen LogP contribution < -0.4 is 4.74 Å². The van der Waals surface area contributed by atoms with E-state index in [9.17, 15) is 5.11 Å². The summed E-state index contributed by atoms with van der Waals surface area (Å²) in [6, 6.07) is 9.72. The van der Waals surface area contributed by atoms with E-state index in [1.807, 2.05) is 30.3 Å². The van der Waals surface area contributed by atoms with Crippen molar-refractivity contribution >= 4 is 33.2 Å². The predicted octanol–water partition coefficient (Wildman–Crippen LogP) is 5.68. The van der Waals surface area contributed by atoms with Crippen LogP contribution in [0, 0.1) is 5.92 Å². The van der Waals surface area contributed by atoms with E-state index < -0.39 is 0 Å². The van der Waals surface area contributed by atoms with E-state index in [0.717, 1.165) is 32.0 Å². The van der Waals surface area contributed by atoms with Gasteiger partial charge in [-0.15, -0.1) is 11.3 Å². The monoisotopic (exact) mass is 373 g/mol. The van der Waals surface area contributed by atoms with Crippen molar-refractivity contribution < 1.29 is 9.84 Å². The molecule has 0 saturated heterocycles. The maximum Gasteiger partial charge on any atom is 0.127 e. The van der Waals surface area contributed by atoms with Gasteiger partial charge in [0.2, 0.25) is 0 Å². The highest BCUT2D eigenvalue weighted by atomic mass is 35.5. The van der Waals surface area contributed by atoms with Gasteiger partial charge in [0.1, 0.15) is 5.75 Å². The molecule has 0 bridgehead atoms. The minimum Gasteiger partial charge on any atom is -0.490 e. The second-order valence-electron chi connectivity index (χ2n) is 6.60. The first kappa shape index (κ1) is 16.8. The number of ether oxygens (including phenoxy) is 1. The lowest BCUT2D eigenvalue weighted by Crippen LogP contribution is -2.29. The van der Waals surface area contributed by atoms with E-state index in [1.54, 1.807) is 17.5 Å². The molecule has 3 aromatic rings. The summed E-state index contributed by atoms with van der Waals surface area (Å²) in [5, 5.41) is 10.1. The largest absolute Gasteiger partial charge is 0.490 e. The molecule has 0 amide bonds. The Morgan fingerprint density at radius 3 is 2.84 bits per heavy atom. The Kier molecular flexibility index (Phi) is 4.67. The normalized spacial score (nSPS) is 16.0. The summed E-state index contributed by atoms with van der Waals surface area (Å²) in [4.78, 5) is 5.33. The average Bonchev–Trinajstić information content (AvgIpc) is 2.98. The molecule has 1 aliphatic carbocycles. The Balaban J connectivity index is 1.79. The molecular weight excluding hydrogens is 354 g/mol. The first-order chi connectivity index (χ1) is 12.2. The van der Waals surface area contributed by atoms with E-state index in [0.29, 0.717) is 10.9 Å². The number of aliphatic hydroxyl groups is 1. The topological polar surface area (TPSA) is 42.4 Å². The summed E-state index contributed by atoms with van der Waals surface area (Å²) >= 11 is 7.84. The molecule has 4 rings (SSSR count). The number of hydrogen-bond donors (Lipinski definition) is 1. The summed E-state index contributed by atoms with van der Waals surface area (Å²) in [7, 11) is 0. The molecule has 1 fully saturated rings. The molecule has 0 radical (unpaired) electrons. The first-order valence-corrected chi connectivity index (χ1v) is 9.80. The Morgan fingerprint density at radius 2 is 2.12 bits per heavy atom. The van der Waals surface area contributed by atoms with Gasteiger partial charge in [-0.1, -0.05) is 18.0 Å². The van der Waals surface area contributed by atoms with Crippen molar-refractivity contribution in [2.75, 3.05) is 0 Å². The molecule has 130 valence electrons. The number of nitrogens with zero attached hydrogens (tertiary/aromatic N) is 1. The maximum atomic E-state index is 9.45. The molecule has 1 unspecified atom stereocenters. The number of rotatable bonds is 5. The van der Waals surface area contributed by atoms with E-state index in [-0.39, 0.29) is 12.7 Å². The van der Waals surface area contributed by atoms with Crippen LogP contribution in [0.5, 0.6) is 5.75 Å². The fourth-order valence-electron chi connectivity index (χ4n) is 3.30. The number of pyridine rings is 1. The Labute approximate surface area is 156 Å². The number of aliphatic hydroxyl groups excluding tert-OH is 1. The molecule has 3 nitrogen and oxygen atoms in total. The second-order valence-corrected chi connectivity index (χ2v) is 8.17. The van der Waals surface area contributed by atoms with Gasteiger partial charge in [-0.2, -0.15) is 0 Å². The van der Waals surface area contributed by atoms with E-state index in [1.165, 1.54) is 19.3 Å². The van der Waals surface area contributed by atoms with Gasteiger partial charge in [-0.25, -0.2) is 0 Å². The smallest absolute Gasteiger partial charge is 0.127 e. The fourth-order valence-corrected chi connectivity index (χ4v) is 4.47. The minimum absolute atomic E-state index is 0.0259. The fraction of sp³-hybridized carbons (Fsp3) is 0.350. The van der Waals surface area contributed by atoms with Gasteiger partial charge in [-0.3, -0.25) is 4.98 Å². The number of fused-ring (bicyclic) bond motifs is 1. The molecule has 1 N–H and O–H groups in total. The third kappa shape index (κ3) is 3.26. The molecule has 5 heteroatoms. The van der Waals surface area contributed by atoms with Crippen LogP contribution >= 0.6 is 22.9 Å². The molecule has 2 heterocycles. The lowest BCUT2D eigenvalue weighted by Gasteiger charge is -2.32. The SMILES string of the molecule is CC(Oc1ccc(Cl)cc1-c1ccnc2cc(CO)sc12)C1CCC1. The average molecular weight is 374 g/mol. The van der Waals surface area contributed by atoms with Crippen molar-refractivity contribution in [2.45, 2.75) is 38.9 Å². The van der Waals surface area contributed by atoms with Gasteiger partial charge in [0.25, 0.3) is 0 Å². The van der Waals surface area contributed by atoms with Crippen LogP contribution in [-0.4, -0.2) is 16.2 Å². The summed E-state index contributed by atoms with van der Waals surface area (Å²) in [6.45, 7) is 2.18. The second kappa shape index (κ2) is 6.94. The standard InChI is InChI=1S/C20H20ClNO2S/c1-12(13-3-2-4-13)24-19-6-5-14(21)9-17(19)16-7-8-22-18-10-15(11-23)25-20(16)18/h5-10,12-13,23H,2-4,11H2,1H3. The predicted molar refractivity (Wildman–Crippen MR) is 103 cm³/mol. The highest BCUT2D eigenvalue weighted by molar-refractivity contribution is 7.19. The number of halogens is 1. The number of hydrogen-bond acceptors (Lipinski definition) is 4. The van der Waals surface area contributed by atoms with Crippen LogP contribution in [0.1, 0.15) is 31.1 Å². The van der Waals surface area contributed by atoms with Crippen LogP contribution in [-0.2, 0) is 6.61 Å². The number of aromatic nitrogens is 1. The zero-order valence-corrected chi connectivity index (χ0v) is 15.6. The summed E-state index contributed by atoms with van der Waals surface area (Å²) in [6.07, 6.45) is 5.78. The molecule has 0 aliphatic heterocycles. The molecule has 1 atom stereocenters. The Bertz CT molecular complexity index is 904. The lowest BCUT2D eigenvalue weighted by molar-refractivity contribution is 0.0994. The van der Waals surface area contributed by atoms with Crippen molar-refractivity contribution in [1.82, 2.24) is 4.98 Å². The van der Waals surface area contributed by atoms with Crippen LogP contribution in [0.3, 0.4) is 0 Å². The molecule has 1 aliphatic rings. The Morgan fingerprint density at radius 1 is 1.28 bits per heavy atom. The van der Waals surface area contributed by atoms with Crippen molar-refractivity contribution in [3.63, 3.8) is 0 Å². The minimum atomic E-state index is 0.0259. The Hall–Kier alpha value is -1.62. The third-order valence-electron chi connectivity index (χ3n) is 4.98. The third-order valence-corrected chi connectivity index (χ3v) is 6.35. The quantitative estimate of drug-likeness (QED) is 0.625. The van der Waals surface area contributed by atoms with E-state index in [4.69, 9.17) is 16.3 Å². The van der Waals surface area contributed by atoms with Gasteiger partial charge in [-0.05, 0) is 56.0 Å². The molecular formula is C20H20ClNO2S. The van der Waals surface area contributed by atoms with Crippen LogP contribution in [0.4, 0.5) is 0 Å². The van der Waals surface area contributed by atoms with Gasteiger partial charge in [0.15, 0.2) is 0 Å². The molecule has 0 spiro atoms. The summed E-state index contributed by atoms with van der Waals surface area (Å²) < 4.78 is 7.37. The highest BCUT2D eigenvalue weighted by Crippen LogP contribution is 2.41. The van der Waals surface area contributed by atoms with E-state index in [2.05, 4.69) is 11.9 Å². The lowest BCUT2D eigenvalue weighted by atomic mass is 9.82. The maximum absolute atomic E-state index is 9.45. The molecule has 1 aromatic carbocycles. The van der Waals surface area contributed by atoms with Crippen LogP contribution in [0.25, 0.3) is 21.3 Å². The van der Waals surface area contributed by atoms with Gasteiger partial charge >= 0.3 is 0 Å². The zero-order valence-electron chi connectivity index (χ0n) is 14.0. The highest BCUT2D eigenvalue weighted by Gasteiger charge is 2.26. The van der Waals surface area contributed by atoms with Crippen LogP contribution in [0.15, 0.2) is 36.5 Å². The van der Waals surface area contributed by atoms with Gasteiger partial charge in [0, 0.05) is 27.2 Å². The number of thiophene rings is 1. The van der Waals surface area contributed by atoms with Gasteiger partial charge in [0.05, 0.1) is 22.9 Å². The summed E-state index contributed by atoms with van der Waals surface area (Å²) in [5.74, 6) is 1.50. The molecule has 2 aromatic heterocycles. The van der Waals surface area contributed by atoms with Gasteiger partial charge < -0.3 is 9.84 Å². The first-order valence-electron chi connectivity index (χ1n) is 8.60. The molecule has 25 heavy (non-hydrogen) atoms. The van der Waals surface area contributed by atoms with Crippen molar-refractivity contribution in [2.24, 2.45) is 5.92 Å². The van der Waals surface area contributed by atoms with Crippen molar-refractivity contribution in [1.29, 1.82) is 0 Å². The van der Waals surface area contributed by atoms with Crippen molar-refractivity contribution in [3.8, 4) is 16.9 Å². The molecule has 1 saturated carbocycles. The van der Waals surface area contributed by atoms with Crippen LogP contribution in [0.2, 0.25) is 5.02 Å². The summed E-state index contributed by atoms with van der Waals surface area (Å²) in [5.41, 5.74) is 2.93. The van der Waals surface area contributed by atoms with Crippen molar-refractivity contribution in [3.05, 3.63) is 46.4 Å². The van der Waals surface area contributed by atoms with E-state index >= 15 is 0 Å². The zero-order chi connectivity index (χ0) is 17.4. The number of benzene rings is 1.